The molecule has 3 rings (SSSR count). The normalized spacial score (nSPS) is 20.6. The van der Waals surface area contributed by atoms with Gasteiger partial charge in [0.1, 0.15) is 0 Å². The molecule has 2 fully saturated rings. The molecule has 0 unspecified atom stereocenters. The molecule has 16 heavy (non-hydrogen) atoms. The molecule has 1 aromatic carbocycles. The van der Waals surface area contributed by atoms with Crippen molar-refractivity contribution in [3.63, 3.8) is 0 Å². The summed E-state index contributed by atoms with van der Waals surface area (Å²) in [5.74, 6) is 0.912. The second-order valence-electron chi connectivity index (χ2n) is 5.04. The van der Waals surface area contributed by atoms with Gasteiger partial charge >= 0.3 is 0 Å². The molecule has 1 aromatic rings. The Hall–Kier alpha value is -1.05. The zero-order valence-corrected chi connectivity index (χ0v) is 9.63. The lowest BCUT2D eigenvalue weighted by Gasteiger charge is -2.27. The van der Waals surface area contributed by atoms with Crippen molar-refractivity contribution < 1.29 is 9.13 Å². The third-order valence-corrected chi connectivity index (χ3v) is 3.76. The van der Waals surface area contributed by atoms with Gasteiger partial charge in [-0.1, -0.05) is 6.07 Å². The smallest absolute Gasteiger partial charge is 0.168 e. The molecule has 0 spiro atoms. The Morgan fingerprint density at radius 3 is 2.50 bits per heavy atom. The van der Waals surface area contributed by atoms with E-state index in [4.69, 9.17) is 4.74 Å². The van der Waals surface area contributed by atoms with Gasteiger partial charge in [0.25, 0.3) is 0 Å². The second-order valence-corrected chi connectivity index (χ2v) is 5.04. The summed E-state index contributed by atoms with van der Waals surface area (Å²) in [6.07, 6.45) is 6.03. The fraction of sp³-hybridized carbons (Fsp3) is 0.571. The number of hydrogen-bond acceptors (Lipinski definition) is 1. The largest absolute Gasteiger partial charge is 0.487 e. The van der Waals surface area contributed by atoms with Crippen molar-refractivity contribution >= 4 is 0 Å². The fourth-order valence-corrected chi connectivity index (χ4v) is 2.27. The summed E-state index contributed by atoms with van der Waals surface area (Å²) < 4.78 is 19.7. The van der Waals surface area contributed by atoms with Gasteiger partial charge in [-0.2, -0.15) is 0 Å². The summed E-state index contributed by atoms with van der Waals surface area (Å²) in [5.41, 5.74) is 1.97. The predicted molar refractivity (Wildman–Crippen MR) is 61.4 cm³/mol. The highest BCUT2D eigenvalue weighted by molar-refractivity contribution is 5.40. The monoisotopic (exact) mass is 220 g/mol. The van der Waals surface area contributed by atoms with Gasteiger partial charge in [0, 0.05) is 0 Å². The molecular weight excluding hydrogens is 203 g/mol. The maximum Gasteiger partial charge on any atom is 0.168 e. The van der Waals surface area contributed by atoms with Gasteiger partial charge in [0.2, 0.25) is 0 Å². The Bertz CT molecular complexity index is 405. The predicted octanol–water partition coefficient (Wildman–Crippen LogP) is 3.94. The van der Waals surface area contributed by atoms with Crippen LogP contribution in [0.3, 0.4) is 0 Å². The minimum Gasteiger partial charge on any atom is -0.487 e. The molecular formula is C14H17FO. The minimum absolute atomic E-state index is 0.142. The molecule has 0 heterocycles. The van der Waals surface area contributed by atoms with Crippen LogP contribution in [0.15, 0.2) is 12.1 Å². The van der Waals surface area contributed by atoms with E-state index in [1.165, 1.54) is 24.8 Å². The van der Waals surface area contributed by atoms with E-state index in [-0.39, 0.29) is 11.9 Å². The zero-order chi connectivity index (χ0) is 11.1. The molecule has 0 saturated heterocycles. The van der Waals surface area contributed by atoms with Crippen molar-refractivity contribution in [1.29, 1.82) is 0 Å². The van der Waals surface area contributed by atoms with Crippen molar-refractivity contribution in [3.05, 3.63) is 29.1 Å². The van der Waals surface area contributed by atoms with Crippen LogP contribution in [-0.4, -0.2) is 6.10 Å². The second kappa shape index (κ2) is 3.76. The van der Waals surface area contributed by atoms with Crippen molar-refractivity contribution in [2.75, 3.05) is 0 Å². The van der Waals surface area contributed by atoms with Gasteiger partial charge < -0.3 is 4.74 Å². The molecule has 2 heteroatoms. The van der Waals surface area contributed by atoms with Gasteiger partial charge in [-0.3, -0.25) is 0 Å². The molecule has 0 bridgehead atoms. The number of hydrogen-bond donors (Lipinski definition) is 0. The molecule has 0 aromatic heterocycles. The van der Waals surface area contributed by atoms with Crippen molar-refractivity contribution in [1.82, 2.24) is 0 Å². The number of halogens is 1. The van der Waals surface area contributed by atoms with Crippen molar-refractivity contribution in [3.8, 4) is 5.75 Å². The van der Waals surface area contributed by atoms with Crippen LogP contribution < -0.4 is 4.74 Å². The van der Waals surface area contributed by atoms with Gasteiger partial charge in [-0.15, -0.1) is 0 Å². The molecule has 1 nitrogen and oxygen atoms in total. The summed E-state index contributed by atoms with van der Waals surface area (Å²) >= 11 is 0. The fourth-order valence-electron chi connectivity index (χ4n) is 2.27. The summed E-state index contributed by atoms with van der Waals surface area (Å²) in [7, 11) is 0. The van der Waals surface area contributed by atoms with Crippen molar-refractivity contribution in [2.45, 2.75) is 51.0 Å². The van der Waals surface area contributed by atoms with E-state index in [1.807, 2.05) is 19.1 Å². The molecule has 2 aliphatic carbocycles. The summed E-state index contributed by atoms with van der Waals surface area (Å²) in [6, 6.07) is 3.86. The van der Waals surface area contributed by atoms with Gasteiger partial charge in [0.05, 0.1) is 6.10 Å². The van der Waals surface area contributed by atoms with Crippen LogP contribution >= 0.6 is 0 Å². The Kier molecular flexibility index (Phi) is 2.38. The Labute approximate surface area is 95.6 Å². The van der Waals surface area contributed by atoms with Gasteiger partial charge in [-0.05, 0) is 62.1 Å². The average Bonchev–Trinajstić information content (AvgIpc) is 3.01. The van der Waals surface area contributed by atoms with Crippen LogP contribution in [0, 0.1) is 12.7 Å². The quantitative estimate of drug-likeness (QED) is 0.749. The molecule has 0 amide bonds. The average molecular weight is 220 g/mol. The van der Waals surface area contributed by atoms with Gasteiger partial charge in [-0.25, -0.2) is 4.39 Å². The van der Waals surface area contributed by atoms with E-state index in [2.05, 4.69) is 0 Å². The molecule has 0 radical (unpaired) electrons. The Balaban J connectivity index is 1.85. The first-order chi connectivity index (χ1) is 7.75. The van der Waals surface area contributed by atoms with E-state index in [9.17, 15) is 4.39 Å². The van der Waals surface area contributed by atoms with Crippen molar-refractivity contribution in [2.24, 2.45) is 0 Å². The molecule has 0 atom stereocenters. The number of benzene rings is 1. The summed E-state index contributed by atoms with van der Waals surface area (Å²) in [6.45, 7) is 1.87. The molecule has 0 aliphatic heterocycles. The van der Waals surface area contributed by atoms with E-state index in [0.717, 1.165) is 18.4 Å². The first-order valence-corrected chi connectivity index (χ1v) is 6.21. The summed E-state index contributed by atoms with van der Waals surface area (Å²) in [4.78, 5) is 0. The molecule has 0 N–H and O–H groups in total. The van der Waals surface area contributed by atoms with Crippen LogP contribution in [0.25, 0.3) is 0 Å². The van der Waals surface area contributed by atoms with E-state index < -0.39 is 0 Å². The van der Waals surface area contributed by atoms with Crippen LogP contribution in [0.4, 0.5) is 4.39 Å². The Morgan fingerprint density at radius 2 is 1.94 bits per heavy atom. The zero-order valence-electron chi connectivity index (χ0n) is 9.63. The molecule has 2 saturated carbocycles. The topological polar surface area (TPSA) is 9.23 Å². The van der Waals surface area contributed by atoms with E-state index in [1.54, 1.807) is 0 Å². The third-order valence-electron chi connectivity index (χ3n) is 3.76. The highest BCUT2D eigenvalue weighted by Gasteiger charge is 2.28. The van der Waals surface area contributed by atoms with Crippen LogP contribution in [0.1, 0.15) is 49.1 Å². The molecule has 2 aliphatic rings. The SMILES string of the molecule is Cc1c(C2CC2)ccc(OC2CCC2)c1F. The van der Waals surface area contributed by atoms with Crippen LogP contribution in [0.2, 0.25) is 0 Å². The van der Waals surface area contributed by atoms with E-state index in [0.29, 0.717) is 11.7 Å². The number of ether oxygens (including phenoxy) is 1. The third kappa shape index (κ3) is 1.70. The lowest BCUT2D eigenvalue weighted by Crippen LogP contribution is -2.25. The maximum absolute atomic E-state index is 14.0. The maximum atomic E-state index is 14.0. The minimum atomic E-state index is -0.142. The first-order valence-electron chi connectivity index (χ1n) is 6.21. The van der Waals surface area contributed by atoms with Crippen LogP contribution in [0.5, 0.6) is 5.75 Å². The summed E-state index contributed by atoms with van der Waals surface area (Å²) in [5, 5.41) is 0. The lowest BCUT2D eigenvalue weighted by atomic mass is 9.96. The Morgan fingerprint density at radius 1 is 1.19 bits per heavy atom. The van der Waals surface area contributed by atoms with Crippen LogP contribution in [-0.2, 0) is 0 Å². The highest BCUT2D eigenvalue weighted by Crippen LogP contribution is 2.43. The highest BCUT2D eigenvalue weighted by atomic mass is 19.1. The first kappa shape index (κ1) is 10.1. The molecule has 86 valence electrons. The van der Waals surface area contributed by atoms with E-state index >= 15 is 0 Å². The standard InChI is InChI=1S/C14H17FO/c1-9-12(10-5-6-10)7-8-13(14(9)15)16-11-3-2-4-11/h7-8,10-11H,2-6H2,1H3. The lowest BCUT2D eigenvalue weighted by molar-refractivity contribution is 0.115. The number of rotatable bonds is 3. The van der Waals surface area contributed by atoms with Gasteiger partial charge in [0.15, 0.2) is 11.6 Å².